The van der Waals surface area contributed by atoms with Crippen molar-refractivity contribution >= 4 is 22.6 Å². The van der Waals surface area contributed by atoms with Gasteiger partial charge in [0, 0.05) is 35.6 Å². The maximum atomic E-state index is 5.81. The van der Waals surface area contributed by atoms with E-state index < -0.39 is 0 Å². The second kappa shape index (κ2) is 6.00. The van der Waals surface area contributed by atoms with E-state index in [1.54, 1.807) is 10.8 Å². The third-order valence-corrected chi connectivity index (χ3v) is 6.22. The van der Waals surface area contributed by atoms with Crippen molar-refractivity contribution in [2.45, 2.75) is 43.7 Å². The predicted molar refractivity (Wildman–Crippen MR) is 105 cm³/mol. The molecule has 1 aliphatic carbocycles. The van der Waals surface area contributed by atoms with Crippen LogP contribution in [-0.2, 0) is 4.74 Å². The highest BCUT2D eigenvalue weighted by Crippen LogP contribution is 2.41. The quantitative estimate of drug-likeness (QED) is 0.571. The zero-order chi connectivity index (χ0) is 18.6. The predicted octanol–water partition coefficient (Wildman–Crippen LogP) is 3.18. The number of hydrogen-bond donors (Lipinski definition) is 2. The summed E-state index contributed by atoms with van der Waals surface area (Å²) in [5.41, 5.74) is 3.96. The number of aromatic amines is 1. The number of nitrogens with one attached hydrogen (secondary N) is 2. The Kier molecular flexibility index (Phi) is 3.43. The zero-order valence-electron chi connectivity index (χ0n) is 15.4. The molecule has 142 valence electrons. The van der Waals surface area contributed by atoms with Gasteiger partial charge in [-0.1, -0.05) is 0 Å². The Morgan fingerprint density at radius 3 is 2.93 bits per heavy atom. The Hall–Kier alpha value is -3.00. The number of anilines is 1. The van der Waals surface area contributed by atoms with Crippen molar-refractivity contribution in [2.75, 3.05) is 11.9 Å². The Morgan fingerprint density at radius 1 is 1.21 bits per heavy atom. The smallest absolute Gasteiger partial charge is 0.224 e. The molecule has 2 fully saturated rings. The summed E-state index contributed by atoms with van der Waals surface area (Å²) in [7, 11) is 0. The average molecular weight is 375 g/mol. The van der Waals surface area contributed by atoms with Gasteiger partial charge in [-0.25, -0.2) is 14.5 Å². The van der Waals surface area contributed by atoms with Gasteiger partial charge in [0.25, 0.3) is 0 Å². The zero-order valence-corrected chi connectivity index (χ0v) is 15.4. The lowest BCUT2D eigenvalue weighted by Gasteiger charge is -2.46. The van der Waals surface area contributed by atoms with Crippen LogP contribution in [0.2, 0.25) is 0 Å². The third kappa shape index (κ3) is 2.56. The number of fused-ring (bicyclic) bond motifs is 2. The summed E-state index contributed by atoms with van der Waals surface area (Å²) in [4.78, 5) is 16.8. The van der Waals surface area contributed by atoms with Crippen LogP contribution in [0, 0.1) is 0 Å². The Bertz CT molecular complexity index is 1150. The molecule has 0 aromatic carbocycles. The molecule has 1 aliphatic heterocycles. The normalized spacial score (nSPS) is 24.6. The summed E-state index contributed by atoms with van der Waals surface area (Å²) in [6.07, 6.45) is 13.0. The molecule has 4 aromatic heterocycles. The fraction of sp³-hybridized carbons (Fsp3) is 0.400. The topological polar surface area (TPSA) is 93.0 Å². The first kappa shape index (κ1) is 16.0. The van der Waals surface area contributed by atoms with Crippen LogP contribution >= 0.6 is 0 Å². The first-order valence-corrected chi connectivity index (χ1v) is 9.82. The van der Waals surface area contributed by atoms with E-state index in [9.17, 15) is 0 Å². The molecule has 0 atom stereocenters. The highest BCUT2D eigenvalue weighted by molar-refractivity contribution is 5.93. The van der Waals surface area contributed by atoms with Gasteiger partial charge in [-0.05, 0) is 49.8 Å². The molecule has 2 N–H and O–H groups in total. The van der Waals surface area contributed by atoms with E-state index in [0.29, 0.717) is 12.0 Å². The first-order chi connectivity index (χ1) is 13.8. The van der Waals surface area contributed by atoms with Crippen LogP contribution in [0.5, 0.6) is 0 Å². The molecular weight excluding hydrogens is 354 g/mol. The van der Waals surface area contributed by atoms with E-state index in [1.165, 1.54) is 6.42 Å². The molecule has 0 unspecified atom stereocenters. The maximum absolute atomic E-state index is 5.81. The molecule has 1 spiro atoms. The second-order valence-corrected chi connectivity index (χ2v) is 7.84. The lowest BCUT2D eigenvalue weighted by atomic mass is 9.77. The minimum absolute atomic E-state index is 0.183. The van der Waals surface area contributed by atoms with Crippen molar-refractivity contribution in [2.24, 2.45) is 0 Å². The average Bonchev–Trinajstić information content (AvgIpc) is 3.33. The van der Waals surface area contributed by atoms with Crippen molar-refractivity contribution in [3.8, 4) is 11.1 Å². The Morgan fingerprint density at radius 2 is 2.11 bits per heavy atom. The molecule has 1 saturated carbocycles. The number of pyridine rings is 1. The highest BCUT2D eigenvalue weighted by atomic mass is 16.5. The molecule has 2 aliphatic rings. The number of H-pyrrole nitrogens is 1. The summed E-state index contributed by atoms with van der Waals surface area (Å²) < 4.78 is 7.56. The van der Waals surface area contributed by atoms with Gasteiger partial charge in [0.15, 0.2) is 5.65 Å². The molecule has 0 bridgehead atoms. The van der Waals surface area contributed by atoms with Gasteiger partial charge in [-0.15, -0.1) is 0 Å². The van der Waals surface area contributed by atoms with Crippen LogP contribution in [0.25, 0.3) is 27.8 Å². The second-order valence-electron chi connectivity index (χ2n) is 7.84. The molecule has 8 nitrogen and oxygen atoms in total. The van der Waals surface area contributed by atoms with Crippen LogP contribution in [0.4, 0.5) is 5.95 Å². The summed E-state index contributed by atoms with van der Waals surface area (Å²) >= 11 is 0. The van der Waals surface area contributed by atoms with Crippen LogP contribution in [0.1, 0.15) is 32.1 Å². The van der Waals surface area contributed by atoms with E-state index in [2.05, 4.69) is 25.4 Å². The standard InChI is InChI=1S/C20H21N7O/c1-4-20(6-8-28-20)5-2-14(1)25-19-22-11-16-15(10-21-18(16)26-19)13-3-7-27-17(9-13)23-12-24-27/h3,7,9-12,14H,1-2,4-6,8H2,(H2,21,22,25,26). The minimum Gasteiger partial charge on any atom is -0.375 e. The van der Waals surface area contributed by atoms with Crippen LogP contribution < -0.4 is 5.32 Å². The molecule has 0 amide bonds. The molecule has 4 aromatic rings. The van der Waals surface area contributed by atoms with Gasteiger partial charge < -0.3 is 15.0 Å². The summed E-state index contributed by atoms with van der Waals surface area (Å²) in [5, 5.41) is 8.65. The van der Waals surface area contributed by atoms with Crippen molar-refractivity contribution in [3.05, 3.63) is 37.1 Å². The van der Waals surface area contributed by atoms with Gasteiger partial charge >= 0.3 is 0 Å². The third-order valence-electron chi connectivity index (χ3n) is 6.22. The number of rotatable bonds is 3. The molecule has 6 rings (SSSR count). The SMILES string of the molecule is c1nc2cc(-c3c[nH]c4nc(NC5CCC6(CCO6)CC5)ncc34)ccn2n1. The van der Waals surface area contributed by atoms with Crippen LogP contribution in [0.15, 0.2) is 37.1 Å². The van der Waals surface area contributed by atoms with Crippen molar-refractivity contribution in [1.29, 1.82) is 0 Å². The number of ether oxygens (including phenoxy) is 1. The van der Waals surface area contributed by atoms with Gasteiger partial charge in [0.2, 0.25) is 5.95 Å². The molecule has 28 heavy (non-hydrogen) atoms. The van der Waals surface area contributed by atoms with Gasteiger partial charge in [-0.2, -0.15) is 10.1 Å². The van der Waals surface area contributed by atoms with Gasteiger partial charge in [0.05, 0.1) is 12.2 Å². The van der Waals surface area contributed by atoms with E-state index in [-0.39, 0.29) is 5.60 Å². The van der Waals surface area contributed by atoms with Crippen LogP contribution in [0.3, 0.4) is 0 Å². The molecule has 1 saturated heterocycles. The van der Waals surface area contributed by atoms with Crippen LogP contribution in [-0.4, -0.2) is 47.8 Å². The Labute approximate surface area is 161 Å². The molecule has 0 radical (unpaired) electrons. The van der Waals surface area contributed by atoms with E-state index in [4.69, 9.17) is 9.72 Å². The summed E-state index contributed by atoms with van der Waals surface area (Å²) in [6.45, 7) is 0.928. The number of hydrogen-bond acceptors (Lipinski definition) is 6. The summed E-state index contributed by atoms with van der Waals surface area (Å²) in [5.74, 6) is 0.685. The van der Waals surface area contributed by atoms with Gasteiger partial charge in [0.1, 0.15) is 12.0 Å². The van der Waals surface area contributed by atoms with E-state index >= 15 is 0 Å². The Balaban J connectivity index is 1.24. The van der Waals surface area contributed by atoms with Crippen molar-refractivity contribution in [3.63, 3.8) is 0 Å². The number of nitrogens with zero attached hydrogens (tertiary/aromatic N) is 5. The lowest BCUT2D eigenvalue weighted by molar-refractivity contribution is -0.165. The number of aromatic nitrogens is 6. The first-order valence-electron chi connectivity index (χ1n) is 9.82. The highest BCUT2D eigenvalue weighted by Gasteiger charge is 2.41. The largest absolute Gasteiger partial charge is 0.375 e. The monoisotopic (exact) mass is 375 g/mol. The van der Waals surface area contributed by atoms with Gasteiger partial charge in [-0.3, -0.25) is 0 Å². The maximum Gasteiger partial charge on any atom is 0.224 e. The fourth-order valence-electron chi connectivity index (χ4n) is 4.45. The fourth-order valence-corrected chi connectivity index (χ4v) is 4.45. The molecule has 5 heterocycles. The van der Waals surface area contributed by atoms with E-state index in [1.807, 2.05) is 30.7 Å². The molecule has 8 heteroatoms. The van der Waals surface area contributed by atoms with Crippen molar-refractivity contribution in [1.82, 2.24) is 29.5 Å². The summed E-state index contributed by atoms with van der Waals surface area (Å²) in [6, 6.07) is 4.45. The minimum atomic E-state index is 0.183. The lowest BCUT2D eigenvalue weighted by Crippen LogP contribution is -2.48. The van der Waals surface area contributed by atoms with Crippen molar-refractivity contribution < 1.29 is 4.74 Å². The molecular formula is C20H21N7O. The van der Waals surface area contributed by atoms with E-state index in [0.717, 1.165) is 60.1 Å².